The van der Waals surface area contributed by atoms with Crippen LogP contribution >= 0.6 is 12.4 Å². The second kappa shape index (κ2) is 7.41. The number of nitrogens with zero attached hydrogens (tertiary/aromatic N) is 2. The maximum absolute atomic E-state index is 5.74. The Hall–Kier alpha value is -2.19. The molecular weight excluding hydrogens is 284 g/mol. The molecule has 0 bridgehead atoms. The monoisotopic (exact) mass is 300 g/mol. The van der Waals surface area contributed by atoms with Crippen LogP contribution in [0.4, 0.5) is 11.4 Å². The Morgan fingerprint density at radius 1 is 0.650 bits per heavy atom. The van der Waals surface area contributed by atoms with Crippen molar-refractivity contribution in [1.82, 2.24) is 9.97 Å². The molecule has 0 saturated heterocycles. The van der Waals surface area contributed by atoms with Gasteiger partial charge < -0.3 is 27.9 Å². The van der Waals surface area contributed by atoms with Crippen molar-refractivity contribution in [3.8, 4) is 0 Å². The number of nitrogen functional groups attached to an aromatic ring is 2. The maximum atomic E-state index is 5.74. The largest absolute Gasteiger partial charge is 0.412 e. The third kappa shape index (κ3) is 3.22. The highest BCUT2D eigenvalue weighted by atomic mass is 35.5. The maximum Gasteiger partial charge on any atom is 0.0916 e. The number of fused-ring (bicyclic) bond motifs is 2. The van der Waals surface area contributed by atoms with Gasteiger partial charge in [0.15, 0.2) is 0 Å². The molecule has 1 aromatic heterocycles. The highest BCUT2D eigenvalue weighted by Gasteiger charge is 2.03. The number of nitrogens with two attached hydrogens (primary N) is 2. The second-order valence-electron chi connectivity index (χ2n) is 3.68. The molecule has 0 aliphatic heterocycles. The van der Waals surface area contributed by atoms with Crippen LogP contribution in [0, 0.1) is 0 Å². The van der Waals surface area contributed by atoms with E-state index in [4.69, 9.17) is 11.5 Å². The van der Waals surface area contributed by atoms with E-state index in [2.05, 4.69) is 9.97 Å². The third-order valence-electron chi connectivity index (χ3n) is 2.54. The van der Waals surface area contributed by atoms with Crippen LogP contribution in [-0.4, -0.2) is 26.4 Å². The van der Waals surface area contributed by atoms with Crippen LogP contribution in [-0.2, 0) is 0 Å². The Morgan fingerprint density at radius 3 is 1.35 bits per heavy atom. The van der Waals surface area contributed by atoms with E-state index in [1.165, 1.54) is 0 Å². The lowest BCUT2D eigenvalue weighted by Crippen LogP contribution is -1.96. The van der Waals surface area contributed by atoms with Crippen LogP contribution in [0.2, 0.25) is 0 Å². The highest BCUT2D eigenvalue weighted by Crippen LogP contribution is 2.22. The summed E-state index contributed by atoms with van der Waals surface area (Å²) in [5.41, 5.74) is 15.8. The SMILES string of the molecule is Cl.Nc1cc2nc3ccccc3nc2cc1N.O.O.O. The molecule has 0 unspecified atom stereocenters. The molecule has 3 rings (SSSR count). The van der Waals surface area contributed by atoms with E-state index >= 15 is 0 Å². The molecular formula is C12H17ClN4O3. The Kier molecular flexibility index (Phi) is 7.46. The fraction of sp³-hybridized carbons (Fsp3) is 0. The summed E-state index contributed by atoms with van der Waals surface area (Å²) in [7, 11) is 0. The first-order valence-corrected chi connectivity index (χ1v) is 4.95. The van der Waals surface area contributed by atoms with Gasteiger partial charge in [-0.25, -0.2) is 9.97 Å². The molecule has 0 saturated carbocycles. The van der Waals surface area contributed by atoms with Crippen molar-refractivity contribution in [2.45, 2.75) is 0 Å². The van der Waals surface area contributed by atoms with E-state index in [0.29, 0.717) is 11.4 Å². The Morgan fingerprint density at radius 2 is 1.00 bits per heavy atom. The summed E-state index contributed by atoms with van der Waals surface area (Å²) in [6, 6.07) is 11.2. The van der Waals surface area contributed by atoms with Gasteiger partial charge in [-0.3, -0.25) is 0 Å². The van der Waals surface area contributed by atoms with E-state index < -0.39 is 0 Å². The van der Waals surface area contributed by atoms with Crippen LogP contribution in [0.25, 0.3) is 22.1 Å². The van der Waals surface area contributed by atoms with Gasteiger partial charge in [-0.2, -0.15) is 0 Å². The van der Waals surface area contributed by atoms with E-state index in [0.717, 1.165) is 22.1 Å². The number of rotatable bonds is 0. The predicted octanol–water partition coefficient (Wildman–Crippen LogP) is -0.105. The molecule has 0 aliphatic rings. The van der Waals surface area contributed by atoms with Gasteiger partial charge in [-0.05, 0) is 24.3 Å². The lowest BCUT2D eigenvalue weighted by molar-refractivity contribution is 0.823. The molecule has 7 nitrogen and oxygen atoms in total. The smallest absolute Gasteiger partial charge is 0.0916 e. The lowest BCUT2D eigenvalue weighted by atomic mass is 10.2. The van der Waals surface area contributed by atoms with Gasteiger partial charge >= 0.3 is 0 Å². The van der Waals surface area contributed by atoms with Gasteiger partial charge in [0, 0.05) is 0 Å². The molecule has 8 heteroatoms. The van der Waals surface area contributed by atoms with Crippen molar-refractivity contribution in [3.63, 3.8) is 0 Å². The molecule has 0 aliphatic carbocycles. The first-order valence-electron chi connectivity index (χ1n) is 4.95. The predicted molar refractivity (Wildman–Crippen MR) is 84.0 cm³/mol. The minimum absolute atomic E-state index is 0. The Labute approximate surface area is 121 Å². The van der Waals surface area contributed by atoms with Crippen molar-refractivity contribution in [2.24, 2.45) is 0 Å². The van der Waals surface area contributed by atoms with E-state index in [1.54, 1.807) is 12.1 Å². The van der Waals surface area contributed by atoms with Crippen molar-refractivity contribution in [3.05, 3.63) is 36.4 Å². The summed E-state index contributed by atoms with van der Waals surface area (Å²) in [4.78, 5) is 8.96. The standard InChI is InChI=1S/C12H10N4.ClH.3H2O/c13-7-5-11-12(6-8(7)14)16-10-4-2-1-3-9(10)15-11;;;;/h1-6H,13-14H2;1H;3*1H2. The van der Waals surface area contributed by atoms with E-state index in [-0.39, 0.29) is 28.8 Å². The van der Waals surface area contributed by atoms with Crippen LogP contribution < -0.4 is 11.5 Å². The van der Waals surface area contributed by atoms with E-state index in [9.17, 15) is 0 Å². The summed E-state index contributed by atoms with van der Waals surface area (Å²) in [6.45, 7) is 0. The topological polar surface area (TPSA) is 172 Å². The molecule has 1 heterocycles. The summed E-state index contributed by atoms with van der Waals surface area (Å²) in [5.74, 6) is 0. The molecule has 0 amide bonds. The van der Waals surface area contributed by atoms with Gasteiger partial charge in [-0.1, -0.05) is 12.1 Å². The zero-order valence-electron chi connectivity index (χ0n) is 10.4. The molecule has 0 spiro atoms. The van der Waals surface area contributed by atoms with Crippen LogP contribution in [0.5, 0.6) is 0 Å². The first-order chi connectivity index (χ1) is 7.74. The second-order valence-corrected chi connectivity index (χ2v) is 3.68. The fourth-order valence-corrected chi connectivity index (χ4v) is 1.70. The minimum atomic E-state index is 0. The molecule has 0 radical (unpaired) electrons. The molecule has 3 aromatic rings. The zero-order valence-corrected chi connectivity index (χ0v) is 11.2. The minimum Gasteiger partial charge on any atom is -0.412 e. The lowest BCUT2D eigenvalue weighted by Gasteiger charge is -2.04. The van der Waals surface area contributed by atoms with Crippen molar-refractivity contribution < 1.29 is 16.4 Å². The van der Waals surface area contributed by atoms with Gasteiger partial charge in [0.25, 0.3) is 0 Å². The zero-order chi connectivity index (χ0) is 11.1. The molecule has 0 atom stereocenters. The van der Waals surface area contributed by atoms with Crippen LogP contribution in [0.3, 0.4) is 0 Å². The molecule has 0 fully saturated rings. The average molecular weight is 301 g/mol. The molecule has 2 aromatic carbocycles. The fourth-order valence-electron chi connectivity index (χ4n) is 1.70. The van der Waals surface area contributed by atoms with Crippen molar-refractivity contribution in [2.75, 3.05) is 11.5 Å². The number of aromatic nitrogens is 2. The quantitative estimate of drug-likeness (QED) is 0.436. The number of benzene rings is 2. The Bertz CT molecular complexity index is 649. The summed E-state index contributed by atoms with van der Waals surface area (Å²) < 4.78 is 0. The highest BCUT2D eigenvalue weighted by molar-refractivity contribution is 5.91. The summed E-state index contributed by atoms with van der Waals surface area (Å²) in [5, 5.41) is 0. The number of halogens is 1. The van der Waals surface area contributed by atoms with E-state index in [1.807, 2.05) is 24.3 Å². The Balaban J connectivity index is 0. The molecule has 20 heavy (non-hydrogen) atoms. The van der Waals surface area contributed by atoms with Gasteiger partial charge in [0.2, 0.25) is 0 Å². The van der Waals surface area contributed by atoms with Crippen LogP contribution in [0.1, 0.15) is 0 Å². The average Bonchev–Trinajstić information content (AvgIpc) is 2.28. The van der Waals surface area contributed by atoms with Gasteiger partial charge in [-0.15, -0.1) is 12.4 Å². The molecule has 10 N–H and O–H groups in total. The van der Waals surface area contributed by atoms with Gasteiger partial charge in [0.1, 0.15) is 0 Å². The van der Waals surface area contributed by atoms with Crippen LogP contribution in [0.15, 0.2) is 36.4 Å². The van der Waals surface area contributed by atoms with Crippen molar-refractivity contribution in [1.29, 1.82) is 0 Å². The van der Waals surface area contributed by atoms with Gasteiger partial charge in [0.05, 0.1) is 33.4 Å². The summed E-state index contributed by atoms with van der Waals surface area (Å²) in [6.07, 6.45) is 0. The molecule has 110 valence electrons. The number of anilines is 2. The normalized spacial score (nSPS) is 8.80. The number of hydrogen-bond acceptors (Lipinski definition) is 4. The third-order valence-corrected chi connectivity index (χ3v) is 2.54. The first kappa shape index (κ1) is 20.1. The number of hydrogen-bond donors (Lipinski definition) is 2. The van der Waals surface area contributed by atoms with Crippen molar-refractivity contribution >= 4 is 45.8 Å². The number of para-hydroxylation sites is 2. The summed E-state index contributed by atoms with van der Waals surface area (Å²) >= 11 is 0.